The second-order valence-electron chi connectivity index (χ2n) is 4.38. The lowest BCUT2D eigenvalue weighted by molar-refractivity contribution is -0.123. The molecule has 0 aliphatic carbocycles. The third kappa shape index (κ3) is 4.57. The van der Waals surface area contributed by atoms with E-state index in [0.29, 0.717) is 12.1 Å². The second-order valence-corrected chi connectivity index (χ2v) is 4.38. The van der Waals surface area contributed by atoms with Crippen LogP contribution in [0.2, 0.25) is 0 Å². The summed E-state index contributed by atoms with van der Waals surface area (Å²) in [5.41, 5.74) is 13.2. The highest BCUT2D eigenvalue weighted by Crippen LogP contribution is 2.14. The van der Waals surface area contributed by atoms with Gasteiger partial charge in [-0.1, -0.05) is 17.2 Å². The van der Waals surface area contributed by atoms with Crippen molar-refractivity contribution in [1.29, 1.82) is 0 Å². The van der Waals surface area contributed by atoms with Crippen molar-refractivity contribution < 1.29 is 9.18 Å². The molecule has 1 unspecified atom stereocenters. The van der Waals surface area contributed by atoms with Crippen LogP contribution in [0.1, 0.15) is 12.5 Å². The molecular weight excluding hydrogens is 249 g/mol. The number of nitrogens with zero attached hydrogens (tertiary/aromatic N) is 3. The van der Waals surface area contributed by atoms with Crippen molar-refractivity contribution in [2.75, 3.05) is 13.1 Å². The number of rotatable bonds is 7. The molecule has 0 bridgehead atoms. The largest absolute Gasteiger partial charge is 0.368 e. The highest BCUT2D eigenvalue weighted by Gasteiger charge is 2.30. The van der Waals surface area contributed by atoms with Crippen LogP contribution in [0, 0.1) is 5.82 Å². The molecule has 102 valence electrons. The smallest absolute Gasteiger partial charge is 0.237 e. The van der Waals surface area contributed by atoms with E-state index in [9.17, 15) is 9.18 Å². The average molecular weight is 265 g/mol. The highest BCUT2D eigenvalue weighted by molar-refractivity contribution is 5.84. The molecule has 0 aliphatic heterocycles. The van der Waals surface area contributed by atoms with Gasteiger partial charge in [-0.05, 0) is 36.6 Å². The summed E-state index contributed by atoms with van der Waals surface area (Å²) in [6, 6.07) is 5.99. The molecule has 1 atom stereocenters. The van der Waals surface area contributed by atoms with Crippen LogP contribution in [0.15, 0.2) is 29.4 Å². The number of halogens is 1. The molecule has 7 heteroatoms. The number of primary amides is 1. The summed E-state index contributed by atoms with van der Waals surface area (Å²) in [6.07, 6.45) is 0.260. The van der Waals surface area contributed by atoms with Crippen molar-refractivity contribution in [3.63, 3.8) is 0 Å². The molecule has 0 aromatic heterocycles. The van der Waals surface area contributed by atoms with Crippen LogP contribution in [0.3, 0.4) is 0 Å². The Balaban J connectivity index is 2.75. The van der Waals surface area contributed by atoms with Crippen molar-refractivity contribution in [2.45, 2.75) is 18.9 Å². The van der Waals surface area contributed by atoms with Gasteiger partial charge in [0.25, 0.3) is 0 Å². The molecule has 0 saturated heterocycles. The van der Waals surface area contributed by atoms with Crippen molar-refractivity contribution >= 4 is 5.91 Å². The van der Waals surface area contributed by atoms with Crippen molar-refractivity contribution in [3.8, 4) is 0 Å². The first-order chi connectivity index (χ1) is 8.98. The van der Waals surface area contributed by atoms with Crippen LogP contribution in [0.4, 0.5) is 4.39 Å². The predicted molar refractivity (Wildman–Crippen MR) is 69.7 cm³/mol. The molecule has 3 N–H and O–H groups in total. The molecule has 0 saturated carbocycles. The van der Waals surface area contributed by atoms with Gasteiger partial charge in [0.2, 0.25) is 5.91 Å². The van der Waals surface area contributed by atoms with Gasteiger partial charge in [0, 0.05) is 18.0 Å². The molecule has 1 aromatic carbocycles. The minimum atomic E-state index is -1.02. The van der Waals surface area contributed by atoms with Crippen LogP contribution in [0.25, 0.3) is 10.4 Å². The number of nitrogens with two attached hydrogens (primary N) is 1. The number of hydrogen-bond donors (Lipinski definition) is 2. The topological polar surface area (TPSA) is 104 Å². The van der Waals surface area contributed by atoms with Crippen LogP contribution in [-0.2, 0) is 11.2 Å². The van der Waals surface area contributed by atoms with E-state index in [4.69, 9.17) is 11.3 Å². The molecule has 0 aliphatic rings. The Hall–Kier alpha value is -2.11. The van der Waals surface area contributed by atoms with Crippen LogP contribution < -0.4 is 11.1 Å². The van der Waals surface area contributed by atoms with Gasteiger partial charge in [-0.15, -0.1) is 0 Å². The number of amides is 1. The minimum Gasteiger partial charge on any atom is -0.368 e. The average Bonchev–Trinajstić information content (AvgIpc) is 2.34. The first kappa shape index (κ1) is 14.9. The molecule has 0 spiro atoms. The van der Waals surface area contributed by atoms with E-state index in [2.05, 4.69) is 15.3 Å². The van der Waals surface area contributed by atoms with Gasteiger partial charge in [-0.25, -0.2) is 4.39 Å². The fourth-order valence-corrected chi connectivity index (χ4v) is 1.72. The summed E-state index contributed by atoms with van der Waals surface area (Å²) in [4.78, 5) is 14.2. The lowest BCUT2D eigenvalue weighted by Crippen LogP contribution is -2.55. The third-order valence-corrected chi connectivity index (χ3v) is 2.78. The Kier molecular flexibility index (Phi) is 5.29. The maximum Gasteiger partial charge on any atom is 0.237 e. The van der Waals surface area contributed by atoms with E-state index in [1.54, 1.807) is 19.1 Å². The zero-order valence-electron chi connectivity index (χ0n) is 10.6. The lowest BCUT2D eigenvalue weighted by atomic mass is 9.92. The van der Waals surface area contributed by atoms with E-state index in [0.717, 1.165) is 0 Å². The molecule has 0 fully saturated rings. The standard InChI is InChI=1S/C12H16FN5O/c1-12(11(14)19,16-5-6-17-18-15)8-9-3-2-4-10(13)7-9/h2-4,7,16H,5-6,8H2,1H3,(H2,14,19). The number of nitrogens with one attached hydrogen (secondary N) is 1. The van der Waals surface area contributed by atoms with E-state index in [1.165, 1.54) is 12.1 Å². The summed E-state index contributed by atoms with van der Waals surface area (Å²) in [6.45, 7) is 2.16. The van der Waals surface area contributed by atoms with Gasteiger partial charge < -0.3 is 11.1 Å². The predicted octanol–water partition coefficient (Wildman–Crippen LogP) is 1.51. The summed E-state index contributed by atoms with van der Waals surface area (Å²) >= 11 is 0. The highest BCUT2D eigenvalue weighted by atomic mass is 19.1. The zero-order chi connectivity index (χ0) is 14.3. The van der Waals surface area contributed by atoms with Crippen LogP contribution >= 0.6 is 0 Å². The number of carbonyl (C=O) groups is 1. The number of azide groups is 1. The molecule has 6 nitrogen and oxygen atoms in total. The molecule has 1 rings (SSSR count). The minimum absolute atomic E-state index is 0.211. The Labute approximate surface area is 110 Å². The van der Waals surface area contributed by atoms with E-state index in [1.807, 2.05) is 0 Å². The number of hydrogen-bond acceptors (Lipinski definition) is 3. The van der Waals surface area contributed by atoms with Gasteiger partial charge in [-0.3, -0.25) is 4.79 Å². The Bertz CT molecular complexity index is 501. The monoisotopic (exact) mass is 265 g/mol. The van der Waals surface area contributed by atoms with Crippen LogP contribution in [-0.4, -0.2) is 24.5 Å². The maximum atomic E-state index is 13.1. The fourth-order valence-electron chi connectivity index (χ4n) is 1.72. The Morgan fingerprint density at radius 1 is 1.63 bits per heavy atom. The van der Waals surface area contributed by atoms with Crippen LogP contribution in [0.5, 0.6) is 0 Å². The SMILES string of the molecule is CC(Cc1cccc(F)c1)(NCCN=[N+]=[N-])C(N)=O. The summed E-state index contributed by atoms with van der Waals surface area (Å²) in [5.74, 6) is -0.906. The van der Waals surface area contributed by atoms with Gasteiger partial charge in [-0.2, -0.15) is 0 Å². The lowest BCUT2D eigenvalue weighted by Gasteiger charge is -2.27. The van der Waals surface area contributed by atoms with Gasteiger partial charge in [0.15, 0.2) is 0 Å². The first-order valence-electron chi connectivity index (χ1n) is 5.78. The molecular formula is C12H16FN5O. The maximum absolute atomic E-state index is 13.1. The normalized spacial score (nSPS) is 13.4. The summed E-state index contributed by atoms with van der Waals surface area (Å²) in [5, 5.41) is 6.30. The zero-order valence-corrected chi connectivity index (χ0v) is 10.6. The molecule has 1 aromatic rings. The van der Waals surface area contributed by atoms with Gasteiger partial charge >= 0.3 is 0 Å². The molecule has 1 amide bonds. The van der Waals surface area contributed by atoms with Gasteiger partial charge in [0.05, 0.1) is 5.54 Å². The van der Waals surface area contributed by atoms with Crippen molar-refractivity contribution in [2.24, 2.45) is 10.8 Å². The Morgan fingerprint density at radius 2 is 2.37 bits per heavy atom. The van der Waals surface area contributed by atoms with E-state index >= 15 is 0 Å². The summed E-state index contributed by atoms with van der Waals surface area (Å²) in [7, 11) is 0. The van der Waals surface area contributed by atoms with Crippen molar-refractivity contribution in [3.05, 3.63) is 46.1 Å². The third-order valence-electron chi connectivity index (χ3n) is 2.78. The second kappa shape index (κ2) is 6.72. The summed E-state index contributed by atoms with van der Waals surface area (Å²) < 4.78 is 13.1. The van der Waals surface area contributed by atoms with Gasteiger partial charge in [0.1, 0.15) is 5.82 Å². The quantitative estimate of drug-likeness (QED) is 0.337. The number of benzene rings is 1. The van der Waals surface area contributed by atoms with Crippen molar-refractivity contribution in [1.82, 2.24) is 5.32 Å². The first-order valence-corrected chi connectivity index (χ1v) is 5.78. The molecule has 0 heterocycles. The fraction of sp³-hybridized carbons (Fsp3) is 0.417. The van der Waals surface area contributed by atoms with E-state index in [-0.39, 0.29) is 18.8 Å². The molecule has 19 heavy (non-hydrogen) atoms. The Morgan fingerprint density at radius 3 is 2.95 bits per heavy atom. The number of carbonyl (C=O) groups excluding carboxylic acids is 1. The molecule has 0 radical (unpaired) electrons. The van der Waals surface area contributed by atoms with E-state index < -0.39 is 11.4 Å².